The Labute approximate surface area is 150 Å². The van der Waals surface area contributed by atoms with Crippen molar-refractivity contribution in [2.24, 2.45) is 0 Å². The van der Waals surface area contributed by atoms with E-state index in [0.717, 1.165) is 5.56 Å². The van der Waals surface area contributed by atoms with Crippen LogP contribution in [-0.4, -0.2) is 24.1 Å². The van der Waals surface area contributed by atoms with Crippen molar-refractivity contribution >= 4 is 11.9 Å². The molecule has 2 aromatic carbocycles. The summed E-state index contributed by atoms with van der Waals surface area (Å²) in [4.78, 5) is 25.4. The Kier molecular flexibility index (Phi) is 3.39. The number of hydrogen-bond acceptors (Lipinski definition) is 5. The number of ketones is 1. The lowest BCUT2D eigenvalue weighted by Gasteiger charge is -2.33. The van der Waals surface area contributed by atoms with Crippen LogP contribution < -0.4 is 10.1 Å². The number of benzene rings is 2. The second-order valence-corrected chi connectivity index (χ2v) is 6.90. The highest BCUT2D eigenvalue weighted by molar-refractivity contribution is 6.11. The molecule has 0 saturated carbocycles. The van der Waals surface area contributed by atoms with Gasteiger partial charge >= 0.3 is 6.09 Å². The van der Waals surface area contributed by atoms with E-state index in [1.807, 2.05) is 19.9 Å². The highest BCUT2D eigenvalue weighted by Gasteiger charge is 2.71. The van der Waals surface area contributed by atoms with Gasteiger partial charge in [-0.15, -0.1) is 0 Å². The molecule has 6 nitrogen and oxygen atoms in total. The Morgan fingerprint density at radius 1 is 1.19 bits per heavy atom. The van der Waals surface area contributed by atoms with Crippen molar-refractivity contribution in [2.75, 3.05) is 7.11 Å². The number of ether oxygens (including phenoxy) is 2. The van der Waals surface area contributed by atoms with E-state index >= 15 is 0 Å². The summed E-state index contributed by atoms with van der Waals surface area (Å²) in [6.07, 6.45) is -0.825. The van der Waals surface area contributed by atoms with Crippen LogP contribution in [0.2, 0.25) is 0 Å². The summed E-state index contributed by atoms with van der Waals surface area (Å²) in [6, 6.07) is 12.0. The van der Waals surface area contributed by atoms with E-state index < -0.39 is 23.2 Å². The topological polar surface area (TPSA) is 84.9 Å². The van der Waals surface area contributed by atoms with E-state index in [2.05, 4.69) is 5.32 Å². The first kappa shape index (κ1) is 16.6. The first-order valence-electron chi connectivity index (χ1n) is 8.41. The number of rotatable bonds is 2. The number of methoxy groups -OCH3 is 1. The zero-order valence-electron chi connectivity index (χ0n) is 14.7. The molecular formula is C20H19NO5. The van der Waals surface area contributed by atoms with Crippen molar-refractivity contribution in [3.05, 3.63) is 64.7 Å². The highest BCUT2D eigenvalue weighted by Crippen LogP contribution is 2.58. The molecule has 1 aliphatic heterocycles. The number of Topliss-reactive ketones (excluding diaryl/α,β-unsaturated/α-hetero) is 1. The van der Waals surface area contributed by atoms with E-state index in [-0.39, 0.29) is 5.92 Å². The average molecular weight is 353 g/mol. The maximum Gasteiger partial charge on any atom is 0.408 e. The molecule has 0 radical (unpaired) electrons. The lowest BCUT2D eigenvalue weighted by atomic mass is 9.82. The molecule has 2 aliphatic rings. The molecule has 6 heteroatoms. The minimum Gasteiger partial charge on any atom is -0.454 e. The standard InChI is InChI=1S/C20H19NO5/c1-11(2)12-8-9-15-16(10-12)26-20(24)14-7-5-4-6-13(14)17(22)19(15,20)21-18(23)25-3/h4-11,24H,1-3H3,(H,21,23)/t19-,20-/m0/s1. The summed E-state index contributed by atoms with van der Waals surface area (Å²) in [6.45, 7) is 4.07. The summed E-state index contributed by atoms with van der Waals surface area (Å²) in [7, 11) is 1.20. The van der Waals surface area contributed by atoms with Crippen molar-refractivity contribution in [1.29, 1.82) is 0 Å². The van der Waals surface area contributed by atoms with Gasteiger partial charge in [-0.2, -0.15) is 0 Å². The second-order valence-electron chi connectivity index (χ2n) is 6.90. The monoisotopic (exact) mass is 353 g/mol. The van der Waals surface area contributed by atoms with E-state index in [1.165, 1.54) is 7.11 Å². The first-order valence-corrected chi connectivity index (χ1v) is 8.41. The summed E-state index contributed by atoms with van der Waals surface area (Å²) in [5.41, 5.74) is 0.264. The molecule has 2 atom stereocenters. The van der Waals surface area contributed by atoms with E-state index in [1.54, 1.807) is 36.4 Å². The van der Waals surface area contributed by atoms with Crippen LogP contribution in [-0.2, 0) is 16.1 Å². The quantitative estimate of drug-likeness (QED) is 0.867. The fourth-order valence-corrected chi connectivity index (χ4v) is 3.84. The Balaban J connectivity index is 1.99. The Morgan fingerprint density at radius 2 is 1.92 bits per heavy atom. The number of nitrogens with one attached hydrogen (secondary N) is 1. The van der Waals surface area contributed by atoms with Crippen LogP contribution >= 0.6 is 0 Å². The van der Waals surface area contributed by atoms with Gasteiger partial charge in [0.05, 0.1) is 7.11 Å². The van der Waals surface area contributed by atoms with Gasteiger partial charge in [-0.05, 0) is 17.5 Å². The van der Waals surface area contributed by atoms with Crippen LogP contribution in [0.1, 0.15) is 46.8 Å². The third-order valence-corrected chi connectivity index (χ3v) is 5.19. The lowest BCUT2D eigenvalue weighted by molar-refractivity contribution is -0.169. The van der Waals surface area contributed by atoms with Crippen molar-refractivity contribution in [2.45, 2.75) is 31.1 Å². The van der Waals surface area contributed by atoms with Crippen LogP contribution in [0.4, 0.5) is 4.79 Å². The largest absolute Gasteiger partial charge is 0.454 e. The number of alkyl carbamates (subject to hydrolysis) is 1. The van der Waals surface area contributed by atoms with E-state index in [9.17, 15) is 14.7 Å². The smallest absolute Gasteiger partial charge is 0.408 e. The van der Waals surface area contributed by atoms with Crippen molar-refractivity contribution in [3.63, 3.8) is 0 Å². The van der Waals surface area contributed by atoms with Crippen LogP contribution in [0.25, 0.3) is 0 Å². The Bertz CT molecular complexity index is 938. The van der Waals surface area contributed by atoms with E-state index in [0.29, 0.717) is 22.4 Å². The number of hydrogen-bond donors (Lipinski definition) is 2. The second kappa shape index (κ2) is 5.32. The van der Waals surface area contributed by atoms with Gasteiger partial charge in [0.15, 0.2) is 0 Å². The normalized spacial score (nSPS) is 25.3. The van der Waals surface area contributed by atoms with Crippen LogP contribution in [0.3, 0.4) is 0 Å². The zero-order chi connectivity index (χ0) is 18.7. The molecule has 0 aromatic heterocycles. The van der Waals surface area contributed by atoms with Crippen molar-refractivity contribution in [3.8, 4) is 5.75 Å². The predicted molar refractivity (Wildman–Crippen MR) is 93.0 cm³/mol. The number of carbonyl (C=O) groups is 2. The summed E-state index contributed by atoms with van der Waals surface area (Å²) in [5, 5.41) is 14.0. The van der Waals surface area contributed by atoms with Gasteiger partial charge in [-0.25, -0.2) is 4.79 Å². The zero-order valence-corrected chi connectivity index (χ0v) is 14.7. The summed E-state index contributed by atoms with van der Waals surface area (Å²) < 4.78 is 10.6. The van der Waals surface area contributed by atoms with Crippen LogP contribution in [0.15, 0.2) is 42.5 Å². The van der Waals surface area contributed by atoms with Gasteiger partial charge in [-0.1, -0.05) is 50.2 Å². The fraction of sp³-hybridized carbons (Fsp3) is 0.300. The molecule has 0 saturated heterocycles. The Hall–Kier alpha value is -2.86. The molecule has 0 bridgehead atoms. The van der Waals surface area contributed by atoms with Gasteiger partial charge < -0.3 is 14.6 Å². The molecule has 0 fully saturated rings. The van der Waals surface area contributed by atoms with Crippen molar-refractivity contribution < 1.29 is 24.2 Å². The summed E-state index contributed by atoms with van der Waals surface area (Å²) >= 11 is 0. The molecule has 4 rings (SSSR count). The molecule has 1 amide bonds. The SMILES string of the molecule is COC(=O)N[C@@]12C(=O)c3ccccc3[C@]1(O)Oc1cc(C(C)C)ccc12. The van der Waals surface area contributed by atoms with Crippen LogP contribution in [0.5, 0.6) is 5.75 Å². The number of amides is 1. The highest BCUT2D eigenvalue weighted by atomic mass is 16.6. The molecule has 1 heterocycles. The number of fused-ring (bicyclic) bond motifs is 5. The average Bonchev–Trinajstić information content (AvgIpc) is 2.99. The molecule has 2 aromatic rings. The fourth-order valence-electron chi connectivity index (χ4n) is 3.84. The maximum atomic E-state index is 13.3. The third kappa shape index (κ3) is 1.85. The number of carbonyl (C=O) groups excluding carboxylic acids is 2. The molecule has 0 unspecified atom stereocenters. The van der Waals surface area contributed by atoms with Gasteiger partial charge in [0, 0.05) is 16.7 Å². The molecule has 2 N–H and O–H groups in total. The van der Waals surface area contributed by atoms with Gasteiger partial charge in [0.25, 0.3) is 5.79 Å². The minimum absolute atomic E-state index is 0.242. The molecule has 26 heavy (non-hydrogen) atoms. The maximum absolute atomic E-state index is 13.3. The number of aliphatic hydroxyl groups is 1. The first-order chi connectivity index (χ1) is 12.3. The third-order valence-electron chi connectivity index (χ3n) is 5.19. The van der Waals surface area contributed by atoms with Gasteiger partial charge in [-0.3, -0.25) is 10.1 Å². The minimum atomic E-state index is -2.03. The summed E-state index contributed by atoms with van der Waals surface area (Å²) in [5.74, 6) is -1.85. The molecule has 134 valence electrons. The van der Waals surface area contributed by atoms with Gasteiger partial charge in [0.1, 0.15) is 5.75 Å². The Morgan fingerprint density at radius 3 is 2.62 bits per heavy atom. The van der Waals surface area contributed by atoms with E-state index in [4.69, 9.17) is 9.47 Å². The van der Waals surface area contributed by atoms with Crippen LogP contribution in [0, 0.1) is 0 Å². The van der Waals surface area contributed by atoms with Crippen molar-refractivity contribution in [1.82, 2.24) is 5.32 Å². The lowest BCUT2D eigenvalue weighted by Crippen LogP contribution is -2.60. The molecule has 1 aliphatic carbocycles. The van der Waals surface area contributed by atoms with Gasteiger partial charge in [0.2, 0.25) is 11.3 Å². The predicted octanol–water partition coefficient (Wildman–Crippen LogP) is 2.80. The molecular weight excluding hydrogens is 334 g/mol. The molecule has 0 spiro atoms.